The molecule has 7 heteroatoms. The van der Waals surface area contributed by atoms with Crippen molar-refractivity contribution in [1.82, 2.24) is 9.80 Å². The van der Waals surface area contributed by atoms with Crippen LogP contribution in [0.4, 0.5) is 9.59 Å². The molecule has 1 heterocycles. The van der Waals surface area contributed by atoms with Crippen molar-refractivity contribution in [2.75, 3.05) is 27.2 Å². The van der Waals surface area contributed by atoms with Crippen LogP contribution in [0.15, 0.2) is 30.3 Å². The molecule has 0 saturated carbocycles. The van der Waals surface area contributed by atoms with Crippen LogP contribution in [0.2, 0.25) is 0 Å². The van der Waals surface area contributed by atoms with E-state index in [1.54, 1.807) is 19.1 Å². The molecule has 0 radical (unpaired) electrons. The normalized spacial score (nSPS) is 20.1. The Labute approximate surface area is 161 Å². The van der Waals surface area contributed by atoms with Crippen LogP contribution >= 0.6 is 0 Å². The molecule has 1 saturated heterocycles. The first kappa shape index (κ1) is 21.0. The Morgan fingerprint density at radius 3 is 2.48 bits per heavy atom. The van der Waals surface area contributed by atoms with E-state index in [1.807, 2.05) is 51.1 Å². The van der Waals surface area contributed by atoms with Crippen molar-refractivity contribution in [2.45, 2.75) is 51.5 Å². The number of carbonyl (C=O) groups excluding carboxylic acids is 2. The SMILES string of the molecule is CO[C@@H]1CCN(C(=O)OCc2ccccc2)C[C@@H]1N(C)C(=O)OC(C)(C)C. The topological polar surface area (TPSA) is 68.3 Å². The number of nitrogens with zero attached hydrogens (tertiary/aromatic N) is 2. The fraction of sp³-hybridized carbons (Fsp3) is 0.600. The van der Waals surface area contributed by atoms with E-state index in [0.717, 1.165) is 5.56 Å². The zero-order valence-corrected chi connectivity index (χ0v) is 16.8. The van der Waals surface area contributed by atoms with Crippen molar-refractivity contribution in [1.29, 1.82) is 0 Å². The first-order chi connectivity index (χ1) is 12.7. The van der Waals surface area contributed by atoms with Crippen LogP contribution < -0.4 is 0 Å². The van der Waals surface area contributed by atoms with Gasteiger partial charge in [0, 0.05) is 27.2 Å². The predicted molar refractivity (Wildman–Crippen MR) is 101 cm³/mol. The molecule has 0 aliphatic carbocycles. The summed E-state index contributed by atoms with van der Waals surface area (Å²) in [7, 11) is 3.29. The Morgan fingerprint density at radius 1 is 1.22 bits per heavy atom. The molecule has 0 spiro atoms. The zero-order chi connectivity index (χ0) is 20.0. The highest BCUT2D eigenvalue weighted by atomic mass is 16.6. The smallest absolute Gasteiger partial charge is 0.410 e. The molecule has 2 rings (SSSR count). The molecule has 0 N–H and O–H groups in total. The summed E-state index contributed by atoms with van der Waals surface area (Å²) in [6, 6.07) is 9.23. The number of hydrogen-bond donors (Lipinski definition) is 0. The maximum Gasteiger partial charge on any atom is 0.410 e. The van der Waals surface area contributed by atoms with Crippen molar-refractivity contribution in [3.8, 4) is 0 Å². The van der Waals surface area contributed by atoms with E-state index in [9.17, 15) is 9.59 Å². The van der Waals surface area contributed by atoms with Gasteiger partial charge in [0.25, 0.3) is 0 Å². The maximum atomic E-state index is 12.5. The van der Waals surface area contributed by atoms with Gasteiger partial charge in [-0.2, -0.15) is 0 Å². The van der Waals surface area contributed by atoms with Gasteiger partial charge in [0.15, 0.2) is 0 Å². The number of benzene rings is 1. The summed E-state index contributed by atoms with van der Waals surface area (Å²) in [5.41, 5.74) is 0.344. The molecule has 7 nitrogen and oxygen atoms in total. The molecular weight excluding hydrogens is 348 g/mol. The highest BCUT2D eigenvalue weighted by molar-refractivity contribution is 5.70. The lowest BCUT2D eigenvalue weighted by molar-refractivity contribution is -0.0392. The van der Waals surface area contributed by atoms with Gasteiger partial charge >= 0.3 is 12.2 Å². The zero-order valence-electron chi connectivity index (χ0n) is 16.8. The van der Waals surface area contributed by atoms with Crippen LogP contribution in [-0.4, -0.2) is 67.0 Å². The summed E-state index contributed by atoms with van der Waals surface area (Å²) in [6.07, 6.45) is -0.375. The molecule has 1 aliphatic rings. The summed E-state index contributed by atoms with van der Waals surface area (Å²) in [5, 5.41) is 0. The number of likely N-dealkylation sites (N-methyl/N-ethyl adjacent to an activating group) is 1. The minimum atomic E-state index is -0.586. The maximum absolute atomic E-state index is 12.5. The summed E-state index contributed by atoms with van der Waals surface area (Å²) in [6.45, 7) is 6.53. The van der Waals surface area contributed by atoms with Gasteiger partial charge in [-0.25, -0.2) is 9.59 Å². The van der Waals surface area contributed by atoms with Gasteiger partial charge in [0.1, 0.15) is 12.2 Å². The monoisotopic (exact) mass is 378 g/mol. The number of hydrogen-bond acceptors (Lipinski definition) is 5. The van der Waals surface area contributed by atoms with Crippen LogP contribution in [0, 0.1) is 0 Å². The molecule has 1 aromatic carbocycles. The Balaban J connectivity index is 1.98. The standard InChI is InChI=1S/C20H30N2O5/c1-20(2,3)27-18(23)21(4)16-13-22(12-11-17(16)25-5)19(24)26-14-15-9-7-6-8-10-15/h6-10,16-17H,11-14H2,1-5H3/t16-,17+/m0/s1. The third-order valence-electron chi connectivity index (χ3n) is 4.47. The molecule has 150 valence electrons. The number of methoxy groups -OCH3 is 1. The second kappa shape index (κ2) is 9.08. The number of likely N-dealkylation sites (tertiary alicyclic amines) is 1. The summed E-state index contributed by atoms with van der Waals surface area (Å²) < 4.78 is 16.4. The van der Waals surface area contributed by atoms with Crippen molar-refractivity contribution < 1.29 is 23.8 Å². The molecule has 1 aliphatic heterocycles. The van der Waals surface area contributed by atoms with E-state index < -0.39 is 17.8 Å². The molecule has 2 amide bonds. The first-order valence-electron chi connectivity index (χ1n) is 9.15. The minimum Gasteiger partial charge on any atom is -0.445 e. The van der Waals surface area contributed by atoms with Gasteiger partial charge in [-0.3, -0.25) is 0 Å². The highest BCUT2D eigenvalue weighted by Crippen LogP contribution is 2.21. The summed E-state index contributed by atoms with van der Waals surface area (Å²) in [5.74, 6) is 0. The third kappa shape index (κ3) is 6.13. The van der Waals surface area contributed by atoms with Crippen molar-refractivity contribution in [2.24, 2.45) is 0 Å². The van der Waals surface area contributed by atoms with Gasteiger partial charge in [-0.15, -0.1) is 0 Å². The number of piperidine rings is 1. The molecule has 2 atom stereocenters. The molecule has 1 fully saturated rings. The number of carbonyl (C=O) groups is 2. The Bertz CT molecular complexity index is 629. The Morgan fingerprint density at radius 2 is 1.89 bits per heavy atom. The van der Waals surface area contributed by atoms with E-state index in [1.165, 1.54) is 4.90 Å². The van der Waals surface area contributed by atoms with Crippen LogP contribution in [0.3, 0.4) is 0 Å². The van der Waals surface area contributed by atoms with E-state index in [2.05, 4.69) is 0 Å². The number of amides is 2. The molecule has 0 bridgehead atoms. The first-order valence-corrected chi connectivity index (χ1v) is 9.15. The number of rotatable bonds is 4. The Kier molecular flexibility index (Phi) is 7.07. The second-order valence-electron chi connectivity index (χ2n) is 7.71. The summed E-state index contributed by atoms with van der Waals surface area (Å²) >= 11 is 0. The van der Waals surface area contributed by atoms with Crippen LogP contribution in [-0.2, 0) is 20.8 Å². The predicted octanol–water partition coefficient (Wildman–Crippen LogP) is 3.28. The van der Waals surface area contributed by atoms with Crippen molar-refractivity contribution >= 4 is 12.2 Å². The summed E-state index contributed by atoms with van der Waals surface area (Å²) in [4.78, 5) is 28.0. The van der Waals surface area contributed by atoms with E-state index in [0.29, 0.717) is 19.5 Å². The highest BCUT2D eigenvalue weighted by Gasteiger charge is 2.37. The number of ether oxygens (including phenoxy) is 3. The van der Waals surface area contributed by atoms with Gasteiger partial charge in [-0.1, -0.05) is 30.3 Å². The second-order valence-corrected chi connectivity index (χ2v) is 7.71. The van der Waals surface area contributed by atoms with Gasteiger partial charge < -0.3 is 24.0 Å². The van der Waals surface area contributed by atoms with Crippen LogP contribution in [0.1, 0.15) is 32.8 Å². The lowest BCUT2D eigenvalue weighted by Crippen LogP contribution is -2.57. The average Bonchev–Trinajstić information content (AvgIpc) is 2.64. The van der Waals surface area contributed by atoms with E-state index in [-0.39, 0.29) is 18.8 Å². The molecule has 0 unspecified atom stereocenters. The van der Waals surface area contributed by atoms with E-state index in [4.69, 9.17) is 14.2 Å². The van der Waals surface area contributed by atoms with Gasteiger partial charge in [0.2, 0.25) is 0 Å². The Hall–Kier alpha value is -2.28. The van der Waals surface area contributed by atoms with Crippen molar-refractivity contribution in [3.63, 3.8) is 0 Å². The van der Waals surface area contributed by atoms with Gasteiger partial charge in [-0.05, 0) is 32.8 Å². The average molecular weight is 378 g/mol. The lowest BCUT2D eigenvalue weighted by atomic mass is 10.0. The van der Waals surface area contributed by atoms with E-state index >= 15 is 0 Å². The molecule has 1 aromatic rings. The fourth-order valence-electron chi connectivity index (χ4n) is 3.00. The van der Waals surface area contributed by atoms with Gasteiger partial charge in [0.05, 0.1) is 12.1 Å². The third-order valence-corrected chi connectivity index (χ3v) is 4.47. The molecular formula is C20H30N2O5. The van der Waals surface area contributed by atoms with Crippen LogP contribution in [0.25, 0.3) is 0 Å². The van der Waals surface area contributed by atoms with Crippen molar-refractivity contribution in [3.05, 3.63) is 35.9 Å². The minimum absolute atomic E-state index is 0.166. The lowest BCUT2D eigenvalue weighted by Gasteiger charge is -2.41. The molecule has 0 aromatic heterocycles. The molecule has 27 heavy (non-hydrogen) atoms. The van der Waals surface area contributed by atoms with Crippen LogP contribution in [0.5, 0.6) is 0 Å². The quantitative estimate of drug-likeness (QED) is 0.804. The largest absolute Gasteiger partial charge is 0.445 e. The fourth-order valence-corrected chi connectivity index (χ4v) is 3.00.